The van der Waals surface area contributed by atoms with Crippen molar-refractivity contribution in [2.45, 2.75) is 38.8 Å². The highest BCUT2D eigenvalue weighted by molar-refractivity contribution is 6.31. The number of piperidine rings is 1. The number of benzene rings is 1. The first-order chi connectivity index (χ1) is 11.8. The summed E-state index contributed by atoms with van der Waals surface area (Å²) >= 11 is 5.79. The van der Waals surface area contributed by atoms with Gasteiger partial charge in [-0.15, -0.1) is 0 Å². The molecule has 1 aliphatic rings. The van der Waals surface area contributed by atoms with Gasteiger partial charge in [-0.2, -0.15) is 0 Å². The number of carbonyl (C=O) groups excluding carboxylic acids is 1. The zero-order chi connectivity index (χ0) is 18.6. The Bertz CT molecular complexity index is 591. The molecule has 4 nitrogen and oxygen atoms in total. The lowest BCUT2D eigenvalue weighted by Crippen LogP contribution is -2.45. The SMILES string of the molecule is COC1CCN(CC(C)C(C)N(C)C(=O)c2ccc(F)c(Cl)c2)CC1. The normalized spacial score (nSPS) is 18.8. The topological polar surface area (TPSA) is 32.8 Å². The molecule has 2 rings (SSSR count). The minimum Gasteiger partial charge on any atom is -0.381 e. The summed E-state index contributed by atoms with van der Waals surface area (Å²) in [6, 6.07) is 4.17. The maximum atomic E-state index is 13.3. The summed E-state index contributed by atoms with van der Waals surface area (Å²) in [7, 11) is 3.56. The van der Waals surface area contributed by atoms with Crippen LogP contribution < -0.4 is 0 Å². The first kappa shape index (κ1) is 20.1. The van der Waals surface area contributed by atoms with Crippen LogP contribution in [0.25, 0.3) is 0 Å². The van der Waals surface area contributed by atoms with E-state index in [0.29, 0.717) is 17.6 Å². The van der Waals surface area contributed by atoms with Crippen molar-refractivity contribution in [1.82, 2.24) is 9.80 Å². The van der Waals surface area contributed by atoms with Gasteiger partial charge in [-0.05, 0) is 43.9 Å². The van der Waals surface area contributed by atoms with Gasteiger partial charge in [0.15, 0.2) is 0 Å². The summed E-state index contributed by atoms with van der Waals surface area (Å²) in [4.78, 5) is 16.8. The summed E-state index contributed by atoms with van der Waals surface area (Å²) in [5, 5.41) is -0.0269. The van der Waals surface area contributed by atoms with E-state index in [1.54, 1.807) is 19.1 Å². The number of halogens is 2. The largest absolute Gasteiger partial charge is 0.381 e. The van der Waals surface area contributed by atoms with Gasteiger partial charge in [0.05, 0.1) is 11.1 Å². The van der Waals surface area contributed by atoms with Crippen LogP contribution in [0.1, 0.15) is 37.0 Å². The van der Waals surface area contributed by atoms with Crippen LogP contribution in [0.5, 0.6) is 0 Å². The van der Waals surface area contributed by atoms with Gasteiger partial charge in [0.25, 0.3) is 5.91 Å². The second kappa shape index (κ2) is 8.97. The lowest BCUT2D eigenvalue weighted by atomic mass is 9.99. The Hall–Kier alpha value is -1.17. The number of hydrogen-bond donors (Lipinski definition) is 0. The van der Waals surface area contributed by atoms with Crippen molar-refractivity contribution < 1.29 is 13.9 Å². The maximum Gasteiger partial charge on any atom is 0.253 e. The fraction of sp³-hybridized carbons (Fsp3) is 0.632. The quantitative estimate of drug-likeness (QED) is 0.765. The van der Waals surface area contributed by atoms with Gasteiger partial charge in [0.1, 0.15) is 5.82 Å². The standard InChI is InChI=1S/C19H28ClFN2O2/c1-13(12-23-9-7-16(25-4)8-10-23)14(2)22(3)19(24)15-5-6-18(21)17(20)11-15/h5-6,11,13-14,16H,7-10,12H2,1-4H3. The highest BCUT2D eigenvalue weighted by Gasteiger charge is 2.26. The Kier molecular flexibility index (Phi) is 7.23. The van der Waals surface area contributed by atoms with E-state index in [1.165, 1.54) is 18.2 Å². The second-order valence-corrected chi connectivity index (χ2v) is 7.41. The third-order valence-corrected chi connectivity index (χ3v) is 5.63. The van der Waals surface area contributed by atoms with Gasteiger partial charge in [-0.3, -0.25) is 4.79 Å². The number of ether oxygens (including phenoxy) is 1. The summed E-state index contributed by atoms with van der Waals surface area (Å²) < 4.78 is 18.7. The molecule has 1 aromatic rings. The minimum atomic E-state index is -0.512. The molecule has 1 aliphatic heterocycles. The predicted molar refractivity (Wildman–Crippen MR) is 98.6 cm³/mol. The lowest BCUT2D eigenvalue weighted by molar-refractivity contribution is 0.0319. The molecule has 1 saturated heterocycles. The molecule has 0 radical (unpaired) electrons. The van der Waals surface area contributed by atoms with E-state index in [1.807, 2.05) is 0 Å². The molecule has 2 unspecified atom stereocenters. The molecule has 6 heteroatoms. The van der Waals surface area contributed by atoms with Crippen molar-refractivity contribution in [1.29, 1.82) is 0 Å². The van der Waals surface area contributed by atoms with Crippen LogP contribution in [-0.4, -0.2) is 61.6 Å². The van der Waals surface area contributed by atoms with Gasteiger partial charge in [-0.25, -0.2) is 4.39 Å². The van der Waals surface area contributed by atoms with Crippen LogP contribution in [-0.2, 0) is 4.74 Å². The zero-order valence-corrected chi connectivity index (χ0v) is 16.2. The first-order valence-corrected chi connectivity index (χ1v) is 9.18. The lowest BCUT2D eigenvalue weighted by Gasteiger charge is -2.36. The van der Waals surface area contributed by atoms with Gasteiger partial charge < -0.3 is 14.5 Å². The van der Waals surface area contributed by atoms with Crippen LogP contribution in [0.2, 0.25) is 5.02 Å². The van der Waals surface area contributed by atoms with E-state index in [-0.39, 0.29) is 17.0 Å². The molecule has 2 atom stereocenters. The maximum absolute atomic E-state index is 13.3. The molecular weight excluding hydrogens is 343 g/mol. The fourth-order valence-corrected chi connectivity index (χ4v) is 3.47. The summed E-state index contributed by atoms with van der Waals surface area (Å²) in [6.07, 6.45) is 2.48. The summed E-state index contributed by atoms with van der Waals surface area (Å²) in [5.74, 6) is -0.329. The van der Waals surface area contributed by atoms with Crippen molar-refractivity contribution in [2.75, 3.05) is 33.8 Å². The molecule has 1 aromatic carbocycles. The van der Waals surface area contributed by atoms with Crippen LogP contribution in [0.3, 0.4) is 0 Å². The smallest absolute Gasteiger partial charge is 0.253 e. The molecule has 0 spiro atoms. The third kappa shape index (κ3) is 5.16. The summed E-state index contributed by atoms with van der Waals surface area (Å²) in [5.41, 5.74) is 0.411. The van der Waals surface area contributed by atoms with Crippen LogP contribution >= 0.6 is 11.6 Å². The number of nitrogens with zero attached hydrogens (tertiary/aromatic N) is 2. The number of amides is 1. The van der Waals surface area contributed by atoms with E-state index in [4.69, 9.17) is 16.3 Å². The number of rotatable bonds is 6. The number of likely N-dealkylation sites (tertiary alicyclic amines) is 1. The van der Waals surface area contributed by atoms with Crippen LogP contribution in [0, 0.1) is 11.7 Å². The number of hydrogen-bond acceptors (Lipinski definition) is 3. The Morgan fingerprint density at radius 1 is 1.40 bits per heavy atom. The van der Waals surface area contributed by atoms with Gasteiger partial charge in [0.2, 0.25) is 0 Å². The molecule has 0 aromatic heterocycles. The Morgan fingerprint density at radius 2 is 2.04 bits per heavy atom. The molecule has 1 heterocycles. The molecule has 0 saturated carbocycles. The molecule has 0 N–H and O–H groups in total. The average molecular weight is 371 g/mol. The predicted octanol–water partition coefficient (Wildman–Crippen LogP) is 3.69. The van der Waals surface area contributed by atoms with Crippen molar-refractivity contribution in [3.63, 3.8) is 0 Å². The van der Waals surface area contributed by atoms with E-state index in [2.05, 4.69) is 18.7 Å². The van der Waals surface area contributed by atoms with Crippen molar-refractivity contribution >= 4 is 17.5 Å². The highest BCUT2D eigenvalue weighted by atomic mass is 35.5. The molecular formula is C19H28ClFN2O2. The van der Waals surface area contributed by atoms with Crippen LogP contribution in [0.15, 0.2) is 18.2 Å². The van der Waals surface area contributed by atoms with E-state index in [9.17, 15) is 9.18 Å². The number of carbonyl (C=O) groups is 1. The zero-order valence-electron chi connectivity index (χ0n) is 15.5. The van der Waals surface area contributed by atoms with Gasteiger partial charge in [-0.1, -0.05) is 18.5 Å². The first-order valence-electron chi connectivity index (χ1n) is 8.80. The Labute approximate surface area is 154 Å². The van der Waals surface area contributed by atoms with Crippen LogP contribution in [0.4, 0.5) is 4.39 Å². The minimum absolute atomic E-state index is 0.0269. The summed E-state index contributed by atoms with van der Waals surface area (Å²) in [6.45, 7) is 7.21. The Morgan fingerprint density at radius 3 is 2.60 bits per heavy atom. The average Bonchev–Trinajstić information content (AvgIpc) is 2.62. The highest BCUT2D eigenvalue weighted by Crippen LogP contribution is 2.21. The van der Waals surface area contributed by atoms with E-state index >= 15 is 0 Å². The number of methoxy groups -OCH3 is 1. The van der Waals surface area contributed by atoms with Gasteiger partial charge in [0, 0.05) is 45.4 Å². The van der Waals surface area contributed by atoms with E-state index in [0.717, 1.165) is 32.5 Å². The molecule has 0 bridgehead atoms. The molecule has 25 heavy (non-hydrogen) atoms. The molecule has 1 fully saturated rings. The van der Waals surface area contributed by atoms with E-state index < -0.39 is 5.82 Å². The van der Waals surface area contributed by atoms with Gasteiger partial charge >= 0.3 is 0 Å². The fourth-order valence-electron chi connectivity index (χ4n) is 3.29. The van der Waals surface area contributed by atoms with Crippen molar-refractivity contribution in [3.05, 3.63) is 34.6 Å². The third-order valence-electron chi connectivity index (χ3n) is 5.34. The van der Waals surface area contributed by atoms with Crippen molar-refractivity contribution in [2.24, 2.45) is 5.92 Å². The monoisotopic (exact) mass is 370 g/mol. The molecule has 1 amide bonds. The second-order valence-electron chi connectivity index (χ2n) is 7.00. The molecule has 140 valence electrons. The Balaban J connectivity index is 1.92. The molecule has 0 aliphatic carbocycles. The van der Waals surface area contributed by atoms with Crippen molar-refractivity contribution in [3.8, 4) is 0 Å².